The molecule has 1 aromatic carbocycles. The molecule has 0 aliphatic carbocycles. The number of hydrogen-bond acceptors (Lipinski definition) is 2. The van der Waals surface area contributed by atoms with E-state index in [9.17, 15) is 4.39 Å². The van der Waals surface area contributed by atoms with Gasteiger partial charge in [0.1, 0.15) is 5.82 Å². The van der Waals surface area contributed by atoms with Gasteiger partial charge in [-0.2, -0.15) is 0 Å². The Bertz CT molecular complexity index is 350. The van der Waals surface area contributed by atoms with Crippen LogP contribution >= 0.6 is 15.9 Å². The molecule has 1 aliphatic rings. The summed E-state index contributed by atoms with van der Waals surface area (Å²) in [5, 5.41) is 3.38. The minimum absolute atomic E-state index is 0.124. The fourth-order valence-corrected chi connectivity index (χ4v) is 2.53. The van der Waals surface area contributed by atoms with Crippen LogP contribution in [0.1, 0.15) is 12.5 Å². The molecule has 16 heavy (non-hydrogen) atoms. The molecule has 1 fully saturated rings. The van der Waals surface area contributed by atoms with Gasteiger partial charge in [0.05, 0.1) is 0 Å². The van der Waals surface area contributed by atoms with Crippen molar-refractivity contribution in [2.24, 2.45) is 0 Å². The van der Waals surface area contributed by atoms with Crippen molar-refractivity contribution in [1.29, 1.82) is 0 Å². The van der Waals surface area contributed by atoms with Crippen molar-refractivity contribution in [3.63, 3.8) is 0 Å². The number of benzene rings is 1. The molecule has 2 nitrogen and oxygen atoms in total. The summed E-state index contributed by atoms with van der Waals surface area (Å²) in [6.07, 6.45) is 0. The van der Waals surface area contributed by atoms with Crippen molar-refractivity contribution < 1.29 is 4.39 Å². The Labute approximate surface area is 104 Å². The molecule has 0 radical (unpaired) electrons. The summed E-state index contributed by atoms with van der Waals surface area (Å²) >= 11 is 3.41. The summed E-state index contributed by atoms with van der Waals surface area (Å²) in [4.78, 5) is 2.28. The van der Waals surface area contributed by atoms with Crippen molar-refractivity contribution in [2.45, 2.75) is 19.5 Å². The Hall–Kier alpha value is -0.450. The number of nitrogens with zero attached hydrogens (tertiary/aromatic N) is 1. The van der Waals surface area contributed by atoms with Crippen molar-refractivity contribution in [2.75, 3.05) is 19.6 Å². The zero-order valence-corrected chi connectivity index (χ0v) is 10.9. The third-order valence-electron chi connectivity index (χ3n) is 2.90. The molecule has 1 aliphatic heterocycles. The molecule has 0 aromatic heterocycles. The van der Waals surface area contributed by atoms with Crippen LogP contribution in [0.4, 0.5) is 4.39 Å². The van der Waals surface area contributed by atoms with Gasteiger partial charge in [-0.3, -0.25) is 4.90 Å². The fourth-order valence-electron chi connectivity index (χ4n) is 2.06. The highest BCUT2D eigenvalue weighted by Crippen LogP contribution is 2.21. The first kappa shape index (κ1) is 12.0. The lowest BCUT2D eigenvalue weighted by Crippen LogP contribution is -2.48. The summed E-state index contributed by atoms with van der Waals surface area (Å²) in [6.45, 7) is 5.76. The van der Waals surface area contributed by atoms with Gasteiger partial charge < -0.3 is 5.32 Å². The highest BCUT2D eigenvalue weighted by atomic mass is 79.9. The van der Waals surface area contributed by atoms with Gasteiger partial charge in [0.25, 0.3) is 0 Å². The SMILES string of the molecule is CC1CN(Cc2c(F)cccc2Br)CCN1. The number of piperazine rings is 1. The van der Waals surface area contributed by atoms with Crippen LogP contribution in [-0.2, 0) is 6.54 Å². The standard InChI is InChI=1S/C12H16BrFN2/c1-9-7-16(6-5-15-9)8-10-11(13)3-2-4-12(10)14/h2-4,9,15H,5-8H2,1H3. The van der Waals surface area contributed by atoms with Crippen LogP contribution in [0, 0.1) is 5.82 Å². The van der Waals surface area contributed by atoms with Crippen LogP contribution in [0.25, 0.3) is 0 Å². The maximum atomic E-state index is 13.6. The van der Waals surface area contributed by atoms with Crippen molar-refractivity contribution >= 4 is 15.9 Å². The average Bonchev–Trinajstić information content (AvgIpc) is 2.24. The van der Waals surface area contributed by atoms with Gasteiger partial charge in [0, 0.05) is 42.3 Å². The van der Waals surface area contributed by atoms with Crippen LogP contribution in [0.5, 0.6) is 0 Å². The number of nitrogens with one attached hydrogen (secondary N) is 1. The van der Waals surface area contributed by atoms with Gasteiger partial charge >= 0.3 is 0 Å². The molecule has 88 valence electrons. The number of rotatable bonds is 2. The zero-order chi connectivity index (χ0) is 11.5. The van der Waals surface area contributed by atoms with Crippen LogP contribution < -0.4 is 5.32 Å². The van der Waals surface area contributed by atoms with Gasteiger partial charge in [0.2, 0.25) is 0 Å². The van der Waals surface area contributed by atoms with E-state index in [2.05, 4.69) is 33.1 Å². The highest BCUT2D eigenvalue weighted by molar-refractivity contribution is 9.10. The second-order valence-electron chi connectivity index (χ2n) is 4.29. The molecule has 1 heterocycles. The summed E-state index contributed by atoms with van der Waals surface area (Å²) < 4.78 is 14.5. The lowest BCUT2D eigenvalue weighted by atomic mass is 10.1. The van der Waals surface area contributed by atoms with Gasteiger partial charge in [-0.1, -0.05) is 22.0 Å². The van der Waals surface area contributed by atoms with E-state index < -0.39 is 0 Å². The van der Waals surface area contributed by atoms with E-state index in [1.165, 1.54) is 6.07 Å². The first-order chi connectivity index (χ1) is 7.66. The van der Waals surface area contributed by atoms with E-state index in [-0.39, 0.29) is 5.82 Å². The highest BCUT2D eigenvalue weighted by Gasteiger charge is 2.17. The normalized spacial score (nSPS) is 22.3. The van der Waals surface area contributed by atoms with E-state index in [0.29, 0.717) is 12.6 Å². The molecule has 1 aromatic rings. The van der Waals surface area contributed by atoms with Crippen LogP contribution in [0.2, 0.25) is 0 Å². The lowest BCUT2D eigenvalue weighted by molar-refractivity contribution is 0.197. The van der Waals surface area contributed by atoms with Crippen molar-refractivity contribution in [3.8, 4) is 0 Å². The molecule has 0 bridgehead atoms. The zero-order valence-electron chi connectivity index (χ0n) is 9.34. The Morgan fingerprint density at radius 1 is 1.56 bits per heavy atom. The monoisotopic (exact) mass is 286 g/mol. The Balaban J connectivity index is 2.08. The predicted octanol–water partition coefficient (Wildman–Crippen LogP) is 2.38. The maximum Gasteiger partial charge on any atom is 0.128 e. The van der Waals surface area contributed by atoms with Crippen LogP contribution in [-0.4, -0.2) is 30.6 Å². The van der Waals surface area contributed by atoms with Crippen LogP contribution in [0.3, 0.4) is 0 Å². The lowest BCUT2D eigenvalue weighted by Gasteiger charge is -2.32. The molecule has 1 unspecified atom stereocenters. The fraction of sp³-hybridized carbons (Fsp3) is 0.500. The summed E-state index contributed by atoms with van der Waals surface area (Å²) in [5.41, 5.74) is 0.761. The van der Waals surface area contributed by atoms with Gasteiger partial charge in [-0.05, 0) is 19.1 Å². The molecule has 4 heteroatoms. The van der Waals surface area contributed by atoms with Gasteiger partial charge in [-0.25, -0.2) is 4.39 Å². The van der Waals surface area contributed by atoms with Gasteiger partial charge in [0.15, 0.2) is 0 Å². The van der Waals surface area contributed by atoms with Crippen molar-refractivity contribution in [1.82, 2.24) is 10.2 Å². The smallest absolute Gasteiger partial charge is 0.128 e. The van der Waals surface area contributed by atoms with E-state index in [4.69, 9.17) is 0 Å². The third kappa shape index (κ3) is 2.81. The van der Waals surface area contributed by atoms with E-state index in [0.717, 1.165) is 29.7 Å². The Kier molecular flexibility index (Phi) is 3.95. The summed E-state index contributed by atoms with van der Waals surface area (Å²) in [5.74, 6) is -0.124. The number of hydrogen-bond donors (Lipinski definition) is 1. The first-order valence-corrected chi connectivity index (χ1v) is 6.35. The predicted molar refractivity (Wildman–Crippen MR) is 66.8 cm³/mol. The van der Waals surface area contributed by atoms with Gasteiger partial charge in [-0.15, -0.1) is 0 Å². The number of halogens is 2. The first-order valence-electron chi connectivity index (χ1n) is 5.55. The minimum atomic E-state index is -0.124. The topological polar surface area (TPSA) is 15.3 Å². The molecule has 0 saturated carbocycles. The van der Waals surface area contributed by atoms with E-state index in [1.807, 2.05) is 6.07 Å². The Morgan fingerprint density at radius 3 is 3.06 bits per heavy atom. The average molecular weight is 287 g/mol. The second-order valence-corrected chi connectivity index (χ2v) is 5.14. The minimum Gasteiger partial charge on any atom is -0.312 e. The third-order valence-corrected chi connectivity index (χ3v) is 3.64. The molecule has 0 spiro atoms. The van der Waals surface area contributed by atoms with E-state index in [1.54, 1.807) is 6.07 Å². The molecule has 2 rings (SSSR count). The van der Waals surface area contributed by atoms with E-state index >= 15 is 0 Å². The van der Waals surface area contributed by atoms with Crippen molar-refractivity contribution in [3.05, 3.63) is 34.1 Å². The second kappa shape index (κ2) is 5.25. The molecule has 1 saturated heterocycles. The molecular weight excluding hydrogens is 271 g/mol. The largest absolute Gasteiger partial charge is 0.312 e. The summed E-state index contributed by atoms with van der Waals surface area (Å²) in [7, 11) is 0. The molecule has 1 N–H and O–H groups in total. The molecular formula is C12H16BrFN2. The molecule has 1 atom stereocenters. The maximum absolute atomic E-state index is 13.6. The summed E-state index contributed by atoms with van der Waals surface area (Å²) in [6, 6.07) is 5.62. The molecule has 0 amide bonds. The Morgan fingerprint density at radius 2 is 2.38 bits per heavy atom. The van der Waals surface area contributed by atoms with Crippen LogP contribution in [0.15, 0.2) is 22.7 Å². The quantitative estimate of drug-likeness (QED) is 0.898.